The maximum Gasteiger partial charge on any atom is 0.0304 e. The third-order valence-electron chi connectivity index (χ3n) is 6.35. The van der Waals surface area contributed by atoms with E-state index in [1.165, 1.54) is 64.5 Å². The van der Waals surface area contributed by atoms with Crippen LogP contribution in [0.25, 0.3) is 0 Å². The summed E-state index contributed by atoms with van der Waals surface area (Å²) in [5, 5.41) is 3.88. The van der Waals surface area contributed by atoms with Crippen molar-refractivity contribution in [2.24, 2.45) is 5.92 Å². The van der Waals surface area contributed by atoms with Crippen molar-refractivity contribution in [3.63, 3.8) is 0 Å². The van der Waals surface area contributed by atoms with Gasteiger partial charge < -0.3 is 5.32 Å². The minimum atomic E-state index is 0.382. The summed E-state index contributed by atoms with van der Waals surface area (Å²) in [6.45, 7) is 11.9. The number of piperazine rings is 1. The maximum absolute atomic E-state index is 3.88. The summed E-state index contributed by atoms with van der Waals surface area (Å²) in [5.74, 6) is 1.01. The minimum Gasteiger partial charge on any atom is -0.308 e. The van der Waals surface area contributed by atoms with Gasteiger partial charge in [-0.05, 0) is 50.9 Å². The molecule has 0 spiro atoms. The molecule has 2 rings (SSSR count). The average Bonchev–Trinajstić information content (AvgIpc) is 2.54. The van der Waals surface area contributed by atoms with E-state index in [4.69, 9.17) is 0 Å². The van der Waals surface area contributed by atoms with Crippen molar-refractivity contribution in [3.8, 4) is 0 Å². The molecular formula is C18H36N2. The van der Waals surface area contributed by atoms with Crippen molar-refractivity contribution in [3.05, 3.63) is 0 Å². The molecule has 1 saturated carbocycles. The second-order valence-electron chi connectivity index (χ2n) is 7.19. The number of nitrogens with one attached hydrogen (secondary N) is 1. The average molecular weight is 281 g/mol. The van der Waals surface area contributed by atoms with Gasteiger partial charge in [-0.3, -0.25) is 4.90 Å². The smallest absolute Gasteiger partial charge is 0.0304 e. The first-order chi connectivity index (χ1) is 9.68. The van der Waals surface area contributed by atoms with Crippen molar-refractivity contribution >= 4 is 0 Å². The molecule has 0 bridgehead atoms. The number of hydrogen-bond donors (Lipinski definition) is 1. The SMILES string of the molecule is CCC1CCC(N2CC(CC)(CC)NCC2CC)CC1. The first-order valence-corrected chi connectivity index (χ1v) is 9.18. The van der Waals surface area contributed by atoms with Crippen molar-refractivity contribution < 1.29 is 0 Å². The molecule has 2 aliphatic rings. The summed E-state index contributed by atoms with van der Waals surface area (Å²) in [6.07, 6.45) is 11.0. The van der Waals surface area contributed by atoms with Crippen LogP contribution in [0.3, 0.4) is 0 Å². The summed E-state index contributed by atoms with van der Waals surface area (Å²) < 4.78 is 0. The van der Waals surface area contributed by atoms with E-state index in [0.717, 1.165) is 18.0 Å². The highest BCUT2D eigenvalue weighted by Gasteiger charge is 2.39. The quantitative estimate of drug-likeness (QED) is 0.812. The molecule has 0 amide bonds. The second-order valence-corrected chi connectivity index (χ2v) is 7.19. The second kappa shape index (κ2) is 7.26. The Morgan fingerprint density at radius 1 is 0.950 bits per heavy atom. The molecular weight excluding hydrogens is 244 g/mol. The molecule has 1 atom stereocenters. The highest BCUT2D eigenvalue weighted by Crippen LogP contribution is 2.34. The Labute approximate surface area is 126 Å². The highest BCUT2D eigenvalue weighted by atomic mass is 15.3. The molecule has 0 aromatic rings. The zero-order valence-corrected chi connectivity index (χ0v) is 14.3. The maximum atomic E-state index is 3.88. The van der Waals surface area contributed by atoms with Crippen LogP contribution in [0, 0.1) is 5.92 Å². The van der Waals surface area contributed by atoms with Crippen LogP contribution < -0.4 is 5.32 Å². The molecule has 2 nitrogen and oxygen atoms in total. The van der Waals surface area contributed by atoms with Gasteiger partial charge in [0.05, 0.1) is 0 Å². The fourth-order valence-electron chi connectivity index (χ4n) is 4.40. The fourth-order valence-corrected chi connectivity index (χ4v) is 4.40. The molecule has 0 aromatic heterocycles. The minimum absolute atomic E-state index is 0.382. The Kier molecular flexibility index (Phi) is 5.92. The van der Waals surface area contributed by atoms with E-state index in [0.29, 0.717) is 5.54 Å². The lowest BCUT2D eigenvalue weighted by molar-refractivity contribution is 0.0156. The van der Waals surface area contributed by atoms with Gasteiger partial charge in [0.15, 0.2) is 0 Å². The van der Waals surface area contributed by atoms with Gasteiger partial charge in [0.25, 0.3) is 0 Å². The fraction of sp³-hybridized carbons (Fsp3) is 1.00. The molecule has 2 fully saturated rings. The molecule has 1 N–H and O–H groups in total. The zero-order chi connectivity index (χ0) is 14.6. The normalized spacial score (nSPS) is 35.1. The monoisotopic (exact) mass is 280 g/mol. The van der Waals surface area contributed by atoms with Crippen LogP contribution in [0.4, 0.5) is 0 Å². The van der Waals surface area contributed by atoms with Gasteiger partial charge >= 0.3 is 0 Å². The van der Waals surface area contributed by atoms with Crippen molar-refractivity contribution in [2.75, 3.05) is 13.1 Å². The molecule has 2 heteroatoms. The Hall–Kier alpha value is -0.0800. The van der Waals surface area contributed by atoms with Crippen molar-refractivity contribution in [1.29, 1.82) is 0 Å². The van der Waals surface area contributed by atoms with Gasteiger partial charge in [-0.25, -0.2) is 0 Å². The van der Waals surface area contributed by atoms with Gasteiger partial charge in [0.1, 0.15) is 0 Å². The van der Waals surface area contributed by atoms with E-state index in [2.05, 4.69) is 37.9 Å². The lowest BCUT2D eigenvalue weighted by Gasteiger charge is -2.51. The zero-order valence-electron chi connectivity index (χ0n) is 14.3. The van der Waals surface area contributed by atoms with E-state index in [1.54, 1.807) is 0 Å². The van der Waals surface area contributed by atoms with Crippen LogP contribution in [0.15, 0.2) is 0 Å². The molecule has 118 valence electrons. The predicted molar refractivity (Wildman–Crippen MR) is 88.1 cm³/mol. The van der Waals surface area contributed by atoms with Gasteiger partial charge in [0, 0.05) is 30.7 Å². The van der Waals surface area contributed by atoms with Gasteiger partial charge in [-0.15, -0.1) is 0 Å². The number of hydrogen-bond acceptors (Lipinski definition) is 2. The van der Waals surface area contributed by atoms with Crippen molar-refractivity contribution in [2.45, 2.75) is 96.7 Å². The summed E-state index contributed by atoms with van der Waals surface area (Å²) in [4.78, 5) is 2.90. The van der Waals surface area contributed by atoms with Crippen LogP contribution in [-0.4, -0.2) is 35.6 Å². The Balaban J connectivity index is 2.02. The topological polar surface area (TPSA) is 15.3 Å². The van der Waals surface area contributed by atoms with E-state index < -0.39 is 0 Å². The molecule has 20 heavy (non-hydrogen) atoms. The summed E-state index contributed by atoms with van der Waals surface area (Å²) in [5.41, 5.74) is 0.382. The largest absolute Gasteiger partial charge is 0.308 e. The lowest BCUT2D eigenvalue weighted by atomic mass is 9.81. The van der Waals surface area contributed by atoms with Crippen LogP contribution in [0.1, 0.15) is 79.1 Å². The van der Waals surface area contributed by atoms with Crippen molar-refractivity contribution in [1.82, 2.24) is 10.2 Å². The Morgan fingerprint density at radius 2 is 1.60 bits per heavy atom. The highest BCUT2D eigenvalue weighted by molar-refractivity contribution is 4.99. The Morgan fingerprint density at radius 3 is 2.10 bits per heavy atom. The molecule has 0 radical (unpaired) electrons. The van der Waals surface area contributed by atoms with Crippen LogP contribution >= 0.6 is 0 Å². The molecule has 1 unspecified atom stereocenters. The first kappa shape index (κ1) is 16.3. The standard InChI is InChI=1S/C18H36N2/c1-5-15-9-11-17(12-10-15)20-14-18(7-3,8-4)19-13-16(20)6-2/h15-17,19H,5-14H2,1-4H3. The molecule has 1 aliphatic carbocycles. The van der Waals surface area contributed by atoms with Crippen LogP contribution in [0.2, 0.25) is 0 Å². The van der Waals surface area contributed by atoms with Crippen LogP contribution in [-0.2, 0) is 0 Å². The molecule has 0 aromatic carbocycles. The summed E-state index contributed by atoms with van der Waals surface area (Å²) >= 11 is 0. The summed E-state index contributed by atoms with van der Waals surface area (Å²) in [6, 6.07) is 1.63. The summed E-state index contributed by atoms with van der Waals surface area (Å²) in [7, 11) is 0. The predicted octanol–water partition coefficient (Wildman–Crippen LogP) is 4.20. The van der Waals surface area contributed by atoms with E-state index in [9.17, 15) is 0 Å². The van der Waals surface area contributed by atoms with Gasteiger partial charge in [-0.1, -0.05) is 34.1 Å². The lowest BCUT2D eigenvalue weighted by Crippen LogP contribution is -2.65. The van der Waals surface area contributed by atoms with Gasteiger partial charge in [0.2, 0.25) is 0 Å². The first-order valence-electron chi connectivity index (χ1n) is 9.18. The van der Waals surface area contributed by atoms with E-state index in [1.807, 2.05) is 0 Å². The van der Waals surface area contributed by atoms with E-state index in [-0.39, 0.29) is 0 Å². The van der Waals surface area contributed by atoms with E-state index >= 15 is 0 Å². The number of nitrogens with zero attached hydrogens (tertiary/aromatic N) is 1. The third-order valence-corrected chi connectivity index (χ3v) is 6.35. The van der Waals surface area contributed by atoms with Crippen LogP contribution in [0.5, 0.6) is 0 Å². The molecule has 1 aliphatic heterocycles. The number of rotatable bonds is 5. The molecule has 1 heterocycles. The molecule has 1 saturated heterocycles. The van der Waals surface area contributed by atoms with Gasteiger partial charge in [-0.2, -0.15) is 0 Å². The Bertz CT molecular complexity index is 277. The third kappa shape index (κ3) is 3.39.